The lowest BCUT2D eigenvalue weighted by molar-refractivity contribution is -0.123. The van der Waals surface area contributed by atoms with Crippen molar-refractivity contribution in [2.24, 2.45) is 11.8 Å². The molecule has 0 bridgehead atoms. The summed E-state index contributed by atoms with van der Waals surface area (Å²) in [4.78, 5) is 11.6. The molecule has 0 radical (unpaired) electrons. The molecule has 3 nitrogen and oxygen atoms in total. The number of carbonyl (C=O) groups excluding carboxylic acids is 1. The zero-order valence-electron chi connectivity index (χ0n) is 8.88. The topological polar surface area (TPSA) is 41.1 Å². The second kappa shape index (κ2) is 4.30. The summed E-state index contributed by atoms with van der Waals surface area (Å²) in [5, 5.41) is 6.39. The van der Waals surface area contributed by atoms with Crippen LogP contribution in [0.25, 0.3) is 0 Å². The molecule has 1 heterocycles. The van der Waals surface area contributed by atoms with Gasteiger partial charge in [-0.15, -0.1) is 0 Å². The molecule has 2 aliphatic rings. The first-order chi connectivity index (χ1) is 6.74. The van der Waals surface area contributed by atoms with Crippen LogP contribution in [-0.2, 0) is 4.79 Å². The molecule has 0 aromatic rings. The van der Waals surface area contributed by atoms with E-state index in [1.165, 1.54) is 12.8 Å². The van der Waals surface area contributed by atoms with Crippen LogP contribution in [0, 0.1) is 11.8 Å². The average Bonchev–Trinajstić information content (AvgIpc) is 2.54. The van der Waals surface area contributed by atoms with Crippen LogP contribution in [-0.4, -0.2) is 25.0 Å². The van der Waals surface area contributed by atoms with E-state index in [0.717, 1.165) is 31.8 Å². The van der Waals surface area contributed by atoms with Crippen LogP contribution in [0.1, 0.15) is 32.6 Å². The van der Waals surface area contributed by atoms with Crippen molar-refractivity contribution in [3.05, 3.63) is 0 Å². The number of hydrogen-bond acceptors (Lipinski definition) is 2. The predicted molar refractivity (Wildman–Crippen MR) is 55.9 cm³/mol. The van der Waals surface area contributed by atoms with E-state index >= 15 is 0 Å². The van der Waals surface area contributed by atoms with E-state index < -0.39 is 0 Å². The van der Waals surface area contributed by atoms with E-state index in [4.69, 9.17) is 0 Å². The fourth-order valence-electron chi connectivity index (χ4n) is 2.46. The molecular weight excluding hydrogens is 176 g/mol. The Labute approximate surface area is 85.6 Å². The van der Waals surface area contributed by atoms with Gasteiger partial charge in [0.05, 0.1) is 0 Å². The minimum Gasteiger partial charge on any atom is -0.353 e. The molecule has 1 aliphatic heterocycles. The Morgan fingerprint density at radius 3 is 2.86 bits per heavy atom. The first-order valence-electron chi connectivity index (χ1n) is 5.74. The summed E-state index contributed by atoms with van der Waals surface area (Å²) in [6, 6.07) is 0.479. The maximum atomic E-state index is 11.6. The van der Waals surface area contributed by atoms with Crippen LogP contribution in [0.15, 0.2) is 0 Å². The zero-order valence-corrected chi connectivity index (χ0v) is 8.88. The summed E-state index contributed by atoms with van der Waals surface area (Å²) in [5.74, 6) is 1.65. The van der Waals surface area contributed by atoms with Gasteiger partial charge in [-0.05, 0) is 44.2 Å². The molecule has 3 heteroatoms. The van der Waals surface area contributed by atoms with Crippen LogP contribution in [0.4, 0.5) is 0 Å². The Kier molecular flexibility index (Phi) is 3.06. The molecule has 1 saturated carbocycles. The Hall–Kier alpha value is -0.570. The number of carbonyl (C=O) groups is 1. The first-order valence-corrected chi connectivity index (χ1v) is 5.74. The van der Waals surface area contributed by atoms with Crippen molar-refractivity contribution in [1.29, 1.82) is 0 Å². The molecule has 14 heavy (non-hydrogen) atoms. The molecule has 80 valence electrons. The van der Waals surface area contributed by atoms with Gasteiger partial charge in [-0.25, -0.2) is 0 Å². The molecule has 0 spiro atoms. The molecule has 0 aromatic heterocycles. The Bertz CT molecular complexity index is 205. The second-order valence-electron chi connectivity index (χ2n) is 4.90. The van der Waals surface area contributed by atoms with Crippen molar-refractivity contribution in [2.75, 3.05) is 13.1 Å². The Morgan fingerprint density at radius 1 is 1.50 bits per heavy atom. The largest absolute Gasteiger partial charge is 0.353 e. The van der Waals surface area contributed by atoms with Gasteiger partial charge in [0.2, 0.25) is 5.91 Å². The number of amides is 1. The highest BCUT2D eigenvalue weighted by atomic mass is 16.1. The van der Waals surface area contributed by atoms with Gasteiger partial charge >= 0.3 is 0 Å². The summed E-state index contributed by atoms with van der Waals surface area (Å²) in [5.41, 5.74) is 0. The normalized spacial score (nSPS) is 36.5. The van der Waals surface area contributed by atoms with Crippen molar-refractivity contribution in [3.8, 4) is 0 Å². The number of hydrogen-bond donors (Lipinski definition) is 2. The van der Waals surface area contributed by atoms with Gasteiger partial charge in [0.1, 0.15) is 0 Å². The Morgan fingerprint density at radius 2 is 2.29 bits per heavy atom. The molecule has 2 fully saturated rings. The molecule has 2 rings (SSSR count). The van der Waals surface area contributed by atoms with E-state index in [1.54, 1.807) is 0 Å². The minimum atomic E-state index is 0.260. The monoisotopic (exact) mass is 196 g/mol. The molecule has 1 aliphatic carbocycles. The lowest BCUT2D eigenvalue weighted by atomic mass is 9.82. The third-order valence-electron chi connectivity index (χ3n) is 3.38. The molecule has 1 amide bonds. The minimum absolute atomic E-state index is 0.260. The van der Waals surface area contributed by atoms with Gasteiger partial charge in [-0.2, -0.15) is 0 Å². The van der Waals surface area contributed by atoms with E-state index in [0.29, 0.717) is 12.0 Å². The second-order valence-corrected chi connectivity index (χ2v) is 4.90. The van der Waals surface area contributed by atoms with Crippen molar-refractivity contribution >= 4 is 5.91 Å². The van der Waals surface area contributed by atoms with Gasteiger partial charge < -0.3 is 10.6 Å². The SMILES string of the molecule is CC1CC(NC(=O)C[C@@H]2CCNC2)C1. The van der Waals surface area contributed by atoms with Gasteiger partial charge in [0.15, 0.2) is 0 Å². The molecule has 1 atom stereocenters. The fourth-order valence-corrected chi connectivity index (χ4v) is 2.46. The highest BCUT2D eigenvalue weighted by Crippen LogP contribution is 2.26. The number of rotatable bonds is 3. The van der Waals surface area contributed by atoms with Crippen molar-refractivity contribution in [1.82, 2.24) is 10.6 Å². The van der Waals surface area contributed by atoms with Gasteiger partial charge in [0, 0.05) is 12.5 Å². The van der Waals surface area contributed by atoms with E-state index in [2.05, 4.69) is 17.6 Å². The van der Waals surface area contributed by atoms with E-state index in [-0.39, 0.29) is 5.91 Å². The molecular formula is C11H20N2O. The molecule has 0 unspecified atom stereocenters. The molecule has 2 N–H and O–H groups in total. The van der Waals surface area contributed by atoms with Gasteiger partial charge in [-0.1, -0.05) is 6.92 Å². The van der Waals surface area contributed by atoms with Crippen LogP contribution < -0.4 is 10.6 Å². The molecule has 0 aromatic carbocycles. The van der Waals surface area contributed by atoms with Crippen LogP contribution in [0.2, 0.25) is 0 Å². The van der Waals surface area contributed by atoms with Gasteiger partial charge in [0.25, 0.3) is 0 Å². The third kappa shape index (κ3) is 2.47. The van der Waals surface area contributed by atoms with Crippen LogP contribution in [0.5, 0.6) is 0 Å². The summed E-state index contributed by atoms with van der Waals surface area (Å²) in [6.07, 6.45) is 4.23. The van der Waals surface area contributed by atoms with E-state index in [9.17, 15) is 4.79 Å². The summed E-state index contributed by atoms with van der Waals surface area (Å²) in [6.45, 7) is 4.34. The quantitative estimate of drug-likeness (QED) is 0.704. The summed E-state index contributed by atoms with van der Waals surface area (Å²) >= 11 is 0. The van der Waals surface area contributed by atoms with Crippen molar-refractivity contribution < 1.29 is 4.79 Å². The standard InChI is InChI=1S/C11H20N2O/c1-8-4-10(5-8)13-11(14)6-9-2-3-12-7-9/h8-10,12H,2-7H2,1H3,(H,13,14)/t8?,9-,10?/m0/s1. The fraction of sp³-hybridized carbons (Fsp3) is 0.909. The first kappa shape index (κ1) is 9.97. The lowest BCUT2D eigenvalue weighted by Gasteiger charge is -2.33. The zero-order chi connectivity index (χ0) is 9.97. The highest BCUT2D eigenvalue weighted by molar-refractivity contribution is 5.76. The van der Waals surface area contributed by atoms with Crippen molar-refractivity contribution in [3.63, 3.8) is 0 Å². The maximum Gasteiger partial charge on any atom is 0.220 e. The van der Waals surface area contributed by atoms with E-state index in [1.807, 2.05) is 0 Å². The van der Waals surface area contributed by atoms with Crippen LogP contribution >= 0.6 is 0 Å². The van der Waals surface area contributed by atoms with Crippen molar-refractivity contribution in [2.45, 2.75) is 38.6 Å². The summed E-state index contributed by atoms with van der Waals surface area (Å²) < 4.78 is 0. The highest BCUT2D eigenvalue weighted by Gasteiger charge is 2.27. The maximum absolute atomic E-state index is 11.6. The average molecular weight is 196 g/mol. The number of nitrogens with one attached hydrogen (secondary N) is 2. The summed E-state index contributed by atoms with van der Waals surface area (Å²) in [7, 11) is 0. The third-order valence-corrected chi connectivity index (χ3v) is 3.38. The predicted octanol–water partition coefficient (Wildman–Crippen LogP) is 0.901. The van der Waals surface area contributed by atoms with Crippen LogP contribution in [0.3, 0.4) is 0 Å². The Balaban J connectivity index is 1.63. The smallest absolute Gasteiger partial charge is 0.220 e. The lowest BCUT2D eigenvalue weighted by Crippen LogP contribution is -2.43. The molecule has 1 saturated heterocycles. The van der Waals surface area contributed by atoms with Gasteiger partial charge in [-0.3, -0.25) is 4.79 Å².